The molecule has 2 aliphatic heterocycles. The molecular formula is C21H28N4O2. The average Bonchev–Trinajstić information content (AvgIpc) is 3.42. The van der Waals surface area contributed by atoms with Crippen LogP contribution in [-0.4, -0.2) is 52.6 Å². The molecule has 0 radical (unpaired) electrons. The highest BCUT2D eigenvalue weighted by Gasteiger charge is 2.31. The summed E-state index contributed by atoms with van der Waals surface area (Å²) >= 11 is 0. The first kappa shape index (κ1) is 17.9. The van der Waals surface area contributed by atoms with Gasteiger partial charge < -0.3 is 19.1 Å². The molecule has 1 unspecified atom stereocenters. The number of hydrogen-bond donors (Lipinski definition) is 0. The molecule has 2 aliphatic rings. The topological polar surface area (TPSA) is 50.6 Å². The van der Waals surface area contributed by atoms with Crippen LogP contribution in [0.1, 0.15) is 49.6 Å². The van der Waals surface area contributed by atoms with E-state index in [0.29, 0.717) is 6.54 Å². The van der Waals surface area contributed by atoms with Gasteiger partial charge in [-0.05, 0) is 51.0 Å². The van der Waals surface area contributed by atoms with Gasteiger partial charge in [0.25, 0.3) is 5.91 Å². The Hall–Kier alpha value is -2.50. The van der Waals surface area contributed by atoms with Crippen LogP contribution in [0.25, 0.3) is 0 Å². The number of likely N-dealkylation sites (tertiary alicyclic amines) is 1. The summed E-state index contributed by atoms with van der Waals surface area (Å²) in [6.45, 7) is 7.61. The van der Waals surface area contributed by atoms with Crippen LogP contribution in [0, 0.1) is 0 Å². The molecule has 0 aromatic carbocycles. The van der Waals surface area contributed by atoms with E-state index in [4.69, 9.17) is 4.74 Å². The molecule has 1 amide bonds. The van der Waals surface area contributed by atoms with E-state index in [1.807, 2.05) is 46.1 Å². The molecule has 4 heterocycles. The van der Waals surface area contributed by atoms with Crippen molar-refractivity contribution in [2.75, 3.05) is 31.1 Å². The maximum Gasteiger partial charge on any atom is 0.270 e. The number of anilines is 1. The summed E-state index contributed by atoms with van der Waals surface area (Å²) in [6.07, 6.45) is 7.07. The maximum atomic E-state index is 12.9. The first-order valence-corrected chi connectivity index (χ1v) is 9.96. The van der Waals surface area contributed by atoms with Gasteiger partial charge in [-0.25, -0.2) is 4.98 Å². The normalized spacial score (nSPS) is 19.9. The lowest BCUT2D eigenvalue weighted by Crippen LogP contribution is -2.32. The monoisotopic (exact) mass is 368 g/mol. The summed E-state index contributed by atoms with van der Waals surface area (Å²) in [4.78, 5) is 21.7. The fourth-order valence-corrected chi connectivity index (χ4v) is 4.02. The number of carbonyl (C=O) groups is 1. The maximum absolute atomic E-state index is 12.9. The second-order valence-corrected chi connectivity index (χ2v) is 7.69. The Bertz CT molecular complexity index is 795. The van der Waals surface area contributed by atoms with Gasteiger partial charge in [-0.2, -0.15) is 0 Å². The van der Waals surface area contributed by atoms with Crippen molar-refractivity contribution in [3.05, 3.63) is 42.4 Å². The van der Waals surface area contributed by atoms with Crippen LogP contribution < -0.4 is 9.64 Å². The van der Waals surface area contributed by atoms with E-state index in [2.05, 4.69) is 23.7 Å². The van der Waals surface area contributed by atoms with Gasteiger partial charge in [0, 0.05) is 44.5 Å². The summed E-state index contributed by atoms with van der Waals surface area (Å²) in [5, 5.41) is 0. The summed E-state index contributed by atoms with van der Waals surface area (Å²) in [6, 6.07) is 8.03. The van der Waals surface area contributed by atoms with Crippen molar-refractivity contribution in [3.8, 4) is 5.75 Å². The van der Waals surface area contributed by atoms with Gasteiger partial charge >= 0.3 is 0 Å². The van der Waals surface area contributed by atoms with E-state index in [9.17, 15) is 4.79 Å². The van der Waals surface area contributed by atoms with Crippen molar-refractivity contribution in [1.29, 1.82) is 0 Å². The van der Waals surface area contributed by atoms with E-state index >= 15 is 0 Å². The lowest BCUT2D eigenvalue weighted by Gasteiger charge is -2.22. The standard InChI is InChI=1S/C21H28N4O2/c1-16(2)25-13-6-7-18(25)21(26)24-14-9-17(15-24)27-19-8-5-10-22-20(19)23-11-3-4-12-23/h5-8,10,13,16-17H,3-4,9,11-12,14-15H2,1-2H3. The highest BCUT2D eigenvalue weighted by Crippen LogP contribution is 2.30. The molecule has 1 atom stereocenters. The van der Waals surface area contributed by atoms with Crippen LogP contribution in [-0.2, 0) is 0 Å². The Morgan fingerprint density at radius 3 is 2.78 bits per heavy atom. The zero-order chi connectivity index (χ0) is 18.8. The average molecular weight is 368 g/mol. The van der Waals surface area contributed by atoms with Gasteiger partial charge in [0.2, 0.25) is 0 Å². The fraction of sp³-hybridized carbons (Fsp3) is 0.524. The van der Waals surface area contributed by atoms with Crippen molar-refractivity contribution in [3.63, 3.8) is 0 Å². The van der Waals surface area contributed by atoms with Crippen LogP contribution in [0.15, 0.2) is 36.7 Å². The number of carbonyl (C=O) groups excluding carboxylic acids is 1. The van der Waals surface area contributed by atoms with Crippen LogP contribution in [0.2, 0.25) is 0 Å². The fourth-order valence-electron chi connectivity index (χ4n) is 4.02. The molecule has 0 N–H and O–H groups in total. The number of hydrogen-bond acceptors (Lipinski definition) is 4. The van der Waals surface area contributed by atoms with Crippen molar-refractivity contribution in [1.82, 2.24) is 14.5 Å². The highest BCUT2D eigenvalue weighted by atomic mass is 16.5. The Kier molecular flexibility index (Phi) is 5.05. The van der Waals surface area contributed by atoms with E-state index in [0.717, 1.165) is 43.3 Å². The molecular weight excluding hydrogens is 340 g/mol. The van der Waals surface area contributed by atoms with Crippen LogP contribution in [0.3, 0.4) is 0 Å². The summed E-state index contributed by atoms with van der Waals surface area (Å²) in [5.41, 5.74) is 0.754. The minimum Gasteiger partial charge on any atom is -0.485 e. The molecule has 6 nitrogen and oxygen atoms in total. The number of aromatic nitrogens is 2. The van der Waals surface area contributed by atoms with E-state index in [1.165, 1.54) is 12.8 Å². The third-order valence-electron chi connectivity index (χ3n) is 5.44. The van der Waals surface area contributed by atoms with Crippen molar-refractivity contribution in [2.24, 2.45) is 0 Å². The third-order valence-corrected chi connectivity index (χ3v) is 5.44. The minimum atomic E-state index is 0.0157. The quantitative estimate of drug-likeness (QED) is 0.812. The van der Waals surface area contributed by atoms with Gasteiger partial charge in [-0.15, -0.1) is 0 Å². The zero-order valence-electron chi connectivity index (χ0n) is 16.2. The highest BCUT2D eigenvalue weighted by molar-refractivity contribution is 5.93. The second kappa shape index (κ2) is 7.62. The van der Waals surface area contributed by atoms with Gasteiger partial charge in [0.1, 0.15) is 11.8 Å². The number of amides is 1. The molecule has 0 aliphatic carbocycles. The largest absolute Gasteiger partial charge is 0.485 e. The summed E-state index contributed by atoms with van der Waals surface area (Å²) < 4.78 is 8.32. The van der Waals surface area contributed by atoms with Gasteiger partial charge in [0.15, 0.2) is 11.6 Å². The van der Waals surface area contributed by atoms with Gasteiger partial charge in [-0.3, -0.25) is 4.79 Å². The molecule has 4 rings (SSSR count). The van der Waals surface area contributed by atoms with Crippen LogP contribution in [0.5, 0.6) is 5.75 Å². The summed E-state index contributed by atoms with van der Waals surface area (Å²) in [5.74, 6) is 1.86. The Morgan fingerprint density at radius 1 is 1.19 bits per heavy atom. The van der Waals surface area contributed by atoms with Crippen molar-refractivity contribution in [2.45, 2.75) is 45.3 Å². The number of rotatable bonds is 5. The molecule has 2 aromatic heterocycles. The Balaban J connectivity index is 1.43. The summed E-state index contributed by atoms with van der Waals surface area (Å²) in [7, 11) is 0. The number of pyridine rings is 1. The molecule has 144 valence electrons. The molecule has 2 saturated heterocycles. The Morgan fingerprint density at radius 2 is 2.00 bits per heavy atom. The predicted octanol–water partition coefficient (Wildman–Crippen LogP) is 3.36. The molecule has 2 fully saturated rings. The van der Waals surface area contributed by atoms with E-state index in [-0.39, 0.29) is 18.1 Å². The van der Waals surface area contributed by atoms with Gasteiger partial charge in [0.05, 0.1) is 6.54 Å². The van der Waals surface area contributed by atoms with Crippen molar-refractivity contribution < 1.29 is 9.53 Å². The Labute approximate surface area is 160 Å². The first-order valence-electron chi connectivity index (χ1n) is 9.96. The molecule has 2 aromatic rings. The zero-order valence-corrected chi connectivity index (χ0v) is 16.2. The lowest BCUT2D eigenvalue weighted by molar-refractivity contribution is 0.0760. The molecule has 0 bridgehead atoms. The van der Waals surface area contributed by atoms with Gasteiger partial charge in [-0.1, -0.05) is 0 Å². The second-order valence-electron chi connectivity index (χ2n) is 7.69. The minimum absolute atomic E-state index is 0.0157. The van der Waals surface area contributed by atoms with Crippen molar-refractivity contribution >= 4 is 11.7 Å². The molecule has 6 heteroatoms. The lowest BCUT2D eigenvalue weighted by atomic mass is 10.3. The first-order chi connectivity index (χ1) is 13.1. The SMILES string of the molecule is CC(C)n1cccc1C(=O)N1CCC(Oc2cccnc2N2CCCC2)C1. The number of ether oxygens (including phenoxy) is 1. The van der Waals surface area contributed by atoms with E-state index in [1.54, 1.807) is 0 Å². The van der Waals surface area contributed by atoms with Crippen LogP contribution >= 0.6 is 0 Å². The predicted molar refractivity (Wildman–Crippen MR) is 105 cm³/mol. The van der Waals surface area contributed by atoms with E-state index < -0.39 is 0 Å². The molecule has 0 spiro atoms. The van der Waals surface area contributed by atoms with Crippen LogP contribution in [0.4, 0.5) is 5.82 Å². The third kappa shape index (κ3) is 3.66. The number of nitrogens with zero attached hydrogens (tertiary/aromatic N) is 4. The molecule has 0 saturated carbocycles. The smallest absolute Gasteiger partial charge is 0.270 e. The molecule has 27 heavy (non-hydrogen) atoms.